The average molecular weight is 385 g/mol. The molecule has 0 radical (unpaired) electrons. The molecule has 0 saturated carbocycles. The molecule has 0 N–H and O–H groups in total. The van der Waals surface area contributed by atoms with Gasteiger partial charge in [0.05, 0.1) is 10.7 Å². The van der Waals surface area contributed by atoms with Gasteiger partial charge in [-0.15, -0.1) is 0 Å². The molecule has 1 fully saturated rings. The molecule has 1 atom stereocenters. The van der Waals surface area contributed by atoms with E-state index in [1.54, 1.807) is 12.1 Å². The molecule has 1 amide bonds. The maximum atomic E-state index is 14.0. The number of hydrogen-bond acceptors (Lipinski definition) is 1. The van der Waals surface area contributed by atoms with E-state index in [9.17, 15) is 9.18 Å². The summed E-state index contributed by atoms with van der Waals surface area (Å²) in [5, 5.41) is 0.749. The van der Waals surface area contributed by atoms with Crippen molar-refractivity contribution in [2.45, 2.75) is 6.42 Å². The molecule has 0 bridgehead atoms. The lowest BCUT2D eigenvalue weighted by Crippen LogP contribution is -2.25. The van der Waals surface area contributed by atoms with Crippen molar-refractivity contribution in [2.75, 3.05) is 16.8 Å². The molecular weight excluding hydrogens is 376 g/mol. The van der Waals surface area contributed by atoms with Gasteiger partial charge < -0.3 is 4.90 Å². The maximum absolute atomic E-state index is 14.0. The lowest BCUT2D eigenvalue weighted by atomic mass is 10.2. The highest BCUT2D eigenvalue weighted by atomic mass is 79.9. The number of amides is 1. The smallest absolute Gasteiger partial charge is 0.227 e. The predicted molar refractivity (Wildman–Crippen MR) is 73.4 cm³/mol. The van der Waals surface area contributed by atoms with Gasteiger partial charge in [-0.25, -0.2) is 4.39 Å². The van der Waals surface area contributed by atoms with E-state index in [-0.39, 0.29) is 22.5 Å². The Kier molecular flexibility index (Phi) is 4.10. The van der Waals surface area contributed by atoms with E-state index >= 15 is 0 Å². The zero-order chi connectivity index (χ0) is 12.6. The highest BCUT2D eigenvalue weighted by molar-refractivity contribution is 9.10. The van der Waals surface area contributed by atoms with Crippen LogP contribution in [-0.4, -0.2) is 17.8 Å². The Hall–Kier alpha value is -0.130. The molecule has 1 unspecified atom stereocenters. The van der Waals surface area contributed by atoms with E-state index in [1.807, 2.05) is 0 Å². The number of hydrogen-bond donors (Lipinski definition) is 0. The Morgan fingerprint density at radius 1 is 1.53 bits per heavy atom. The van der Waals surface area contributed by atoms with E-state index < -0.39 is 5.82 Å². The summed E-state index contributed by atoms with van der Waals surface area (Å²) in [7, 11) is 0. The van der Waals surface area contributed by atoms with Gasteiger partial charge in [-0.2, -0.15) is 0 Å². The molecule has 2 nitrogen and oxygen atoms in total. The molecule has 0 aliphatic carbocycles. The summed E-state index contributed by atoms with van der Waals surface area (Å²) < 4.78 is 14.4. The summed E-state index contributed by atoms with van der Waals surface area (Å²) in [5.41, 5.74) is 0.256. The van der Waals surface area contributed by atoms with E-state index in [1.165, 1.54) is 4.90 Å². The highest BCUT2D eigenvalue weighted by Crippen LogP contribution is 2.35. The zero-order valence-corrected chi connectivity index (χ0v) is 12.6. The van der Waals surface area contributed by atoms with Crippen molar-refractivity contribution in [1.29, 1.82) is 0 Å². The average Bonchev–Trinajstić information content (AvgIpc) is 2.68. The van der Waals surface area contributed by atoms with E-state index in [0.717, 1.165) is 5.33 Å². The van der Waals surface area contributed by atoms with Gasteiger partial charge in [0.2, 0.25) is 5.91 Å². The van der Waals surface area contributed by atoms with E-state index in [2.05, 4.69) is 31.9 Å². The molecule has 1 saturated heterocycles. The van der Waals surface area contributed by atoms with Crippen molar-refractivity contribution in [3.63, 3.8) is 0 Å². The maximum Gasteiger partial charge on any atom is 0.227 e. The molecule has 6 heteroatoms. The first-order valence-corrected chi connectivity index (χ1v) is 7.33. The first-order chi connectivity index (χ1) is 8.04. The fraction of sp³-hybridized carbons (Fsp3) is 0.364. The van der Waals surface area contributed by atoms with Crippen molar-refractivity contribution in [1.82, 2.24) is 0 Å². The molecule has 0 aromatic heterocycles. The van der Waals surface area contributed by atoms with Crippen LogP contribution in [0.15, 0.2) is 16.6 Å². The van der Waals surface area contributed by atoms with Crippen molar-refractivity contribution in [3.05, 3.63) is 27.4 Å². The summed E-state index contributed by atoms with van der Waals surface area (Å²) in [6, 6.07) is 3.22. The topological polar surface area (TPSA) is 20.3 Å². The van der Waals surface area contributed by atoms with Gasteiger partial charge in [-0.05, 0) is 34.0 Å². The first kappa shape index (κ1) is 13.3. The Balaban J connectivity index is 2.35. The number of nitrogens with zero attached hydrogens (tertiary/aromatic N) is 1. The number of anilines is 1. The van der Waals surface area contributed by atoms with Crippen LogP contribution in [0.25, 0.3) is 0 Å². The van der Waals surface area contributed by atoms with Gasteiger partial charge in [0.1, 0.15) is 0 Å². The van der Waals surface area contributed by atoms with E-state index in [4.69, 9.17) is 11.6 Å². The van der Waals surface area contributed by atoms with E-state index in [0.29, 0.717) is 17.4 Å². The van der Waals surface area contributed by atoms with Crippen LogP contribution in [0.3, 0.4) is 0 Å². The molecule has 0 spiro atoms. The van der Waals surface area contributed by atoms with Crippen LogP contribution in [0.5, 0.6) is 0 Å². The third-order valence-electron chi connectivity index (χ3n) is 2.73. The van der Waals surface area contributed by atoms with Crippen LogP contribution < -0.4 is 4.90 Å². The van der Waals surface area contributed by atoms with Crippen LogP contribution in [0, 0.1) is 11.7 Å². The van der Waals surface area contributed by atoms with Crippen LogP contribution >= 0.6 is 43.5 Å². The Morgan fingerprint density at radius 2 is 2.24 bits per heavy atom. The molecule has 1 aromatic rings. The van der Waals surface area contributed by atoms with Crippen LogP contribution in [-0.2, 0) is 4.79 Å². The van der Waals surface area contributed by atoms with Crippen LogP contribution in [0.2, 0.25) is 5.02 Å². The van der Waals surface area contributed by atoms with Crippen LogP contribution in [0.1, 0.15) is 6.42 Å². The molecule has 1 heterocycles. The summed E-state index contributed by atoms with van der Waals surface area (Å²) in [4.78, 5) is 13.2. The lowest BCUT2D eigenvalue weighted by molar-refractivity contribution is -0.117. The van der Waals surface area contributed by atoms with Crippen LogP contribution in [0.4, 0.5) is 10.1 Å². The number of alkyl halides is 1. The summed E-state index contributed by atoms with van der Waals surface area (Å²) >= 11 is 12.3. The van der Waals surface area contributed by atoms with Gasteiger partial charge in [0, 0.05) is 22.8 Å². The normalized spacial score (nSPS) is 20.1. The molecule has 1 aliphatic rings. The van der Waals surface area contributed by atoms with Crippen molar-refractivity contribution in [2.24, 2.45) is 5.92 Å². The number of benzene rings is 1. The van der Waals surface area contributed by atoms with Crippen molar-refractivity contribution < 1.29 is 9.18 Å². The van der Waals surface area contributed by atoms with Gasteiger partial charge in [0.25, 0.3) is 0 Å². The third kappa shape index (κ3) is 2.51. The number of carbonyl (C=O) groups is 1. The molecular formula is C11H9Br2ClFNO. The minimum absolute atomic E-state index is 0.0117. The second-order valence-corrected chi connectivity index (χ2v) is 5.80. The largest absolute Gasteiger partial charge is 0.309 e. The summed E-state index contributed by atoms with van der Waals surface area (Å²) in [5.74, 6) is -0.388. The Morgan fingerprint density at radius 3 is 2.82 bits per heavy atom. The van der Waals surface area contributed by atoms with Crippen molar-refractivity contribution in [3.8, 4) is 0 Å². The SMILES string of the molecule is O=C1CC(CBr)CN1c1ccc(Br)c(Cl)c1F. The minimum atomic E-state index is -0.551. The molecule has 1 aromatic carbocycles. The molecule has 17 heavy (non-hydrogen) atoms. The Bertz CT molecular complexity index is 469. The number of halogens is 4. The lowest BCUT2D eigenvalue weighted by Gasteiger charge is -2.18. The standard InChI is InChI=1S/C11H9Br2ClFNO/c12-4-6-3-9(17)16(5-6)8-2-1-7(13)10(14)11(8)15/h1-2,6H,3-5H2. The monoisotopic (exact) mass is 383 g/mol. The highest BCUT2D eigenvalue weighted by Gasteiger charge is 2.32. The van der Waals surface area contributed by atoms with Gasteiger partial charge in [-0.1, -0.05) is 27.5 Å². The summed E-state index contributed by atoms with van der Waals surface area (Å²) in [6.45, 7) is 0.527. The third-order valence-corrected chi connectivity index (χ3v) is 4.90. The van der Waals surface area contributed by atoms with Gasteiger partial charge >= 0.3 is 0 Å². The minimum Gasteiger partial charge on any atom is -0.309 e. The molecule has 2 rings (SSSR count). The number of carbonyl (C=O) groups excluding carboxylic acids is 1. The second-order valence-electron chi connectivity index (χ2n) is 3.92. The second kappa shape index (κ2) is 5.24. The molecule has 92 valence electrons. The fourth-order valence-corrected chi connectivity index (χ4v) is 2.74. The zero-order valence-electron chi connectivity index (χ0n) is 8.72. The quantitative estimate of drug-likeness (QED) is 0.557. The molecule has 1 aliphatic heterocycles. The number of rotatable bonds is 2. The first-order valence-electron chi connectivity index (χ1n) is 5.04. The van der Waals surface area contributed by atoms with Gasteiger partial charge in [-0.3, -0.25) is 4.79 Å². The van der Waals surface area contributed by atoms with Crippen molar-refractivity contribution >= 4 is 55.1 Å². The predicted octanol–water partition coefficient (Wildman–Crippen LogP) is 3.99. The fourth-order valence-electron chi connectivity index (χ4n) is 1.84. The Labute approximate surface area is 120 Å². The van der Waals surface area contributed by atoms with Gasteiger partial charge in [0.15, 0.2) is 5.82 Å². The summed E-state index contributed by atoms with van der Waals surface area (Å²) in [6.07, 6.45) is 0.443.